The summed E-state index contributed by atoms with van der Waals surface area (Å²) in [6, 6.07) is 7.65. The summed E-state index contributed by atoms with van der Waals surface area (Å²) in [5.41, 5.74) is 7.43. The Bertz CT molecular complexity index is 471. The summed E-state index contributed by atoms with van der Waals surface area (Å²) in [6.07, 6.45) is 1.06. The van der Waals surface area contributed by atoms with Crippen LogP contribution in [0.1, 0.15) is 25.8 Å². The van der Waals surface area contributed by atoms with Crippen molar-refractivity contribution in [2.24, 2.45) is 11.7 Å². The number of benzene rings is 1. The molecule has 116 valence electrons. The van der Waals surface area contributed by atoms with Crippen LogP contribution in [-0.4, -0.2) is 32.1 Å². The van der Waals surface area contributed by atoms with Crippen molar-refractivity contribution in [2.45, 2.75) is 26.7 Å². The fourth-order valence-electron chi connectivity index (χ4n) is 2.17. The topological polar surface area (TPSA) is 72.6 Å². The Labute approximate surface area is 126 Å². The first-order chi connectivity index (χ1) is 10.0. The van der Waals surface area contributed by atoms with Gasteiger partial charge >= 0.3 is 5.97 Å². The second kappa shape index (κ2) is 8.42. The molecule has 1 aromatic carbocycles. The van der Waals surface area contributed by atoms with Crippen molar-refractivity contribution in [1.29, 1.82) is 0 Å². The van der Waals surface area contributed by atoms with Crippen LogP contribution in [0.25, 0.3) is 0 Å². The van der Waals surface area contributed by atoms with Gasteiger partial charge in [-0.2, -0.15) is 0 Å². The molecule has 0 unspecified atom stereocenters. The predicted octanol–water partition coefficient (Wildman–Crippen LogP) is 1.74. The van der Waals surface area contributed by atoms with E-state index in [-0.39, 0.29) is 17.8 Å². The summed E-state index contributed by atoms with van der Waals surface area (Å²) in [5, 5.41) is 0. The molecule has 1 aromatic rings. The highest BCUT2D eigenvalue weighted by molar-refractivity contribution is 5.93. The average molecular weight is 292 g/mol. The van der Waals surface area contributed by atoms with Crippen LogP contribution in [0.5, 0.6) is 0 Å². The number of amides is 1. The van der Waals surface area contributed by atoms with Gasteiger partial charge in [0.05, 0.1) is 13.0 Å². The van der Waals surface area contributed by atoms with E-state index in [0.717, 1.165) is 11.3 Å². The highest BCUT2D eigenvalue weighted by Crippen LogP contribution is 2.18. The number of anilines is 1. The van der Waals surface area contributed by atoms with Gasteiger partial charge in [-0.3, -0.25) is 9.59 Å². The molecule has 0 aliphatic rings. The normalized spacial score (nSPS) is 11.8. The molecule has 5 nitrogen and oxygen atoms in total. The third-order valence-electron chi connectivity index (χ3n) is 3.35. The molecule has 0 fully saturated rings. The van der Waals surface area contributed by atoms with Gasteiger partial charge in [0.1, 0.15) is 0 Å². The smallest absolute Gasteiger partial charge is 0.308 e. The van der Waals surface area contributed by atoms with Crippen LogP contribution in [0.3, 0.4) is 0 Å². The SMILES string of the molecule is CCC(=O)N(CCN)c1ccc(C[C@H](C)C(=O)OC)cc1. The summed E-state index contributed by atoms with van der Waals surface area (Å²) < 4.78 is 4.72. The first-order valence-electron chi connectivity index (χ1n) is 7.20. The second-order valence-corrected chi connectivity index (χ2v) is 4.98. The minimum atomic E-state index is -0.218. The maximum Gasteiger partial charge on any atom is 0.308 e. The van der Waals surface area contributed by atoms with Crippen molar-refractivity contribution < 1.29 is 14.3 Å². The van der Waals surface area contributed by atoms with Crippen molar-refractivity contribution in [3.63, 3.8) is 0 Å². The van der Waals surface area contributed by atoms with E-state index in [1.807, 2.05) is 38.1 Å². The van der Waals surface area contributed by atoms with E-state index in [2.05, 4.69) is 0 Å². The molecule has 0 saturated heterocycles. The number of nitrogens with two attached hydrogens (primary N) is 1. The van der Waals surface area contributed by atoms with Crippen LogP contribution in [0.15, 0.2) is 24.3 Å². The van der Waals surface area contributed by atoms with Crippen molar-refractivity contribution >= 4 is 17.6 Å². The molecule has 0 saturated carbocycles. The predicted molar refractivity (Wildman–Crippen MR) is 83.0 cm³/mol. The average Bonchev–Trinajstić information content (AvgIpc) is 2.51. The van der Waals surface area contributed by atoms with Crippen LogP contribution < -0.4 is 10.6 Å². The summed E-state index contributed by atoms with van der Waals surface area (Å²) in [5.74, 6) is -0.348. The Hall–Kier alpha value is -1.88. The van der Waals surface area contributed by atoms with E-state index in [1.54, 1.807) is 4.90 Å². The third-order valence-corrected chi connectivity index (χ3v) is 3.35. The summed E-state index contributed by atoms with van der Waals surface area (Å²) >= 11 is 0. The first kappa shape index (κ1) is 17.2. The van der Waals surface area contributed by atoms with Crippen LogP contribution in [0, 0.1) is 5.92 Å². The minimum Gasteiger partial charge on any atom is -0.469 e. The van der Waals surface area contributed by atoms with E-state index in [4.69, 9.17) is 10.5 Å². The molecular formula is C16H24N2O3. The molecule has 0 bridgehead atoms. The number of methoxy groups -OCH3 is 1. The van der Waals surface area contributed by atoms with Gasteiger partial charge in [0, 0.05) is 25.2 Å². The zero-order chi connectivity index (χ0) is 15.8. The lowest BCUT2D eigenvalue weighted by Crippen LogP contribution is -2.34. The molecule has 0 spiro atoms. The highest BCUT2D eigenvalue weighted by Gasteiger charge is 2.15. The Kier molecular flexibility index (Phi) is 6.88. The van der Waals surface area contributed by atoms with Gasteiger partial charge in [-0.15, -0.1) is 0 Å². The largest absolute Gasteiger partial charge is 0.469 e. The molecule has 1 amide bonds. The molecule has 21 heavy (non-hydrogen) atoms. The fraction of sp³-hybridized carbons (Fsp3) is 0.500. The van der Waals surface area contributed by atoms with Crippen LogP contribution >= 0.6 is 0 Å². The molecule has 0 aliphatic heterocycles. The van der Waals surface area contributed by atoms with Crippen LogP contribution in [-0.2, 0) is 20.7 Å². The Morgan fingerprint density at radius 2 is 1.90 bits per heavy atom. The van der Waals surface area contributed by atoms with Gasteiger partial charge < -0.3 is 15.4 Å². The number of rotatable bonds is 7. The molecular weight excluding hydrogens is 268 g/mol. The third kappa shape index (κ3) is 4.86. The number of carbonyl (C=O) groups excluding carboxylic acids is 2. The molecule has 0 aromatic heterocycles. The van der Waals surface area contributed by atoms with Gasteiger partial charge in [-0.25, -0.2) is 0 Å². The van der Waals surface area contributed by atoms with E-state index in [1.165, 1.54) is 7.11 Å². The Morgan fingerprint density at radius 1 is 1.29 bits per heavy atom. The zero-order valence-electron chi connectivity index (χ0n) is 13.0. The van der Waals surface area contributed by atoms with Crippen LogP contribution in [0.2, 0.25) is 0 Å². The maximum atomic E-state index is 11.9. The number of hydrogen-bond donors (Lipinski definition) is 1. The number of nitrogens with zero attached hydrogens (tertiary/aromatic N) is 1. The number of hydrogen-bond acceptors (Lipinski definition) is 4. The number of ether oxygens (including phenoxy) is 1. The molecule has 2 N–H and O–H groups in total. The molecule has 0 heterocycles. The van der Waals surface area contributed by atoms with Crippen molar-refractivity contribution in [2.75, 3.05) is 25.1 Å². The maximum absolute atomic E-state index is 11.9. The van der Waals surface area contributed by atoms with Gasteiger partial charge in [0.2, 0.25) is 5.91 Å². The fourth-order valence-corrected chi connectivity index (χ4v) is 2.17. The summed E-state index contributed by atoms with van der Waals surface area (Å²) in [6.45, 7) is 4.59. The molecule has 1 atom stereocenters. The minimum absolute atomic E-state index is 0.0520. The van der Waals surface area contributed by atoms with Gasteiger partial charge in [0.25, 0.3) is 0 Å². The Morgan fingerprint density at radius 3 is 2.38 bits per heavy atom. The number of esters is 1. The second-order valence-electron chi connectivity index (χ2n) is 4.98. The van der Waals surface area contributed by atoms with Crippen LogP contribution in [0.4, 0.5) is 5.69 Å². The standard InChI is InChI=1S/C16H24N2O3/c1-4-15(19)18(10-9-17)14-7-5-13(6-8-14)11-12(2)16(20)21-3/h5-8,12H,4,9-11,17H2,1-3H3/t12-/m0/s1. The van der Waals surface area contributed by atoms with Gasteiger partial charge in [0.15, 0.2) is 0 Å². The summed E-state index contributed by atoms with van der Waals surface area (Å²) in [4.78, 5) is 25.0. The monoisotopic (exact) mass is 292 g/mol. The van der Waals surface area contributed by atoms with E-state index in [9.17, 15) is 9.59 Å². The highest BCUT2D eigenvalue weighted by atomic mass is 16.5. The molecule has 0 radical (unpaired) electrons. The van der Waals surface area contributed by atoms with Crippen molar-refractivity contribution in [3.05, 3.63) is 29.8 Å². The molecule has 0 aliphatic carbocycles. The lowest BCUT2D eigenvalue weighted by Gasteiger charge is -2.22. The first-order valence-corrected chi connectivity index (χ1v) is 7.20. The quantitative estimate of drug-likeness (QED) is 0.777. The molecule has 5 heteroatoms. The summed E-state index contributed by atoms with van der Waals surface area (Å²) in [7, 11) is 1.39. The van der Waals surface area contributed by atoms with Crippen molar-refractivity contribution in [1.82, 2.24) is 0 Å². The van der Waals surface area contributed by atoms with E-state index in [0.29, 0.717) is 25.9 Å². The van der Waals surface area contributed by atoms with Gasteiger partial charge in [-0.1, -0.05) is 26.0 Å². The number of carbonyl (C=O) groups is 2. The van der Waals surface area contributed by atoms with Crippen molar-refractivity contribution in [3.8, 4) is 0 Å². The lowest BCUT2D eigenvalue weighted by molar-refractivity contribution is -0.144. The molecule has 1 rings (SSSR count). The van der Waals surface area contributed by atoms with E-state index < -0.39 is 0 Å². The lowest BCUT2D eigenvalue weighted by atomic mass is 10.0. The van der Waals surface area contributed by atoms with Gasteiger partial charge in [-0.05, 0) is 24.1 Å². The van der Waals surface area contributed by atoms with E-state index >= 15 is 0 Å². The Balaban J connectivity index is 2.80. The zero-order valence-corrected chi connectivity index (χ0v) is 13.0.